The molecule has 1 aromatic rings. The van der Waals surface area contributed by atoms with Crippen LogP contribution in [0.2, 0.25) is 0 Å². The van der Waals surface area contributed by atoms with Crippen molar-refractivity contribution in [1.82, 2.24) is 0 Å². The second-order valence-electron chi connectivity index (χ2n) is 3.05. The summed E-state index contributed by atoms with van der Waals surface area (Å²) in [5.41, 5.74) is 0.337. The number of para-hydroxylation sites is 1. The zero-order valence-corrected chi connectivity index (χ0v) is 8.88. The summed E-state index contributed by atoms with van der Waals surface area (Å²) in [6, 6.07) is 6.75. The topological polar surface area (TPSA) is 58.9 Å². The van der Waals surface area contributed by atoms with E-state index in [0.29, 0.717) is 17.8 Å². The lowest BCUT2D eigenvalue weighted by Crippen LogP contribution is -2.32. The highest BCUT2D eigenvalue weighted by molar-refractivity contribution is 6.59. The molecule has 0 aliphatic heterocycles. The average molecular weight is 210 g/mol. The zero-order chi connectivity index (χ0) is 11.3. The van der Waals surface area contributed by atoms with Crippen molar-refractivity contribution in [2.75, 3.05) is 6.61 Å². The van der Waals surface area contributed by atoms with E-state index in [1.807, 2.05) is 6.92 Å². The van der Waals surface area contributed by atoms with Gasteiger partial charge in [0.05, 0.1) is 0 Å². The van der Waals surface area contributed by atoms with Gasteiger partial charge >= 0.3 is 7.12 Å². The highest BCUT2D eigenvalue weighted by atomic mass is 16.7. The number of rotatable bonds is 5. The van der Waals surface area contributed by atoms with Crippen LogP contribution in [0.3, 0.4) is 0 Å². The van der Waals surface area contributed by atoms with Gasteiger partial charge in [-0.25, -0.2) is 0 Å². The molecule has 0 amide bonds. The normalized spacial score (nSPS) is 12.3. The lowest BCUT2D eigenvalue weighted by molar-refractivity contribution is -0.0608. The van der Waals surface area contributed by atoms with Crippen molar-refractivity contribution in [3.05, 3.63) is 24.3 Å². The number of ether oxygens (including phenoxy) is 2. The maximum Gasteiger partial charge on any atom is 0.492 e. The Morgan fingerprint density at radius 2 is 2.00 bits per heavy atom. The summed E-state index contributed by atoms with van der Waals surface area (Å²) in [5.74, 6) is 0.424. The molecule has 2 N–H and O–H groups in total. The van der Waals surface area contributed by atoms with Gasteiger partial charge in [0.1, 0.15) is 5.75 Å². The van der Waals surface area contributed by atoms with E-state index < -0.39 is 13.4 Å². The Kier molecular flexibility index (Phi) is 4.61. The summed E-state index contributed by atoms with van der Waals surface area (Å²) < 4.78 is 10.6. The summed E-state index contributed by atoms with van der Waals surface area (Å²) in [5, 5.41) is 18.2. The number of hydrogen-bond acceptors (Lipinski definition) is 4. The van der Waals surface area contributed by atoms with E-state index in [9.17, 15) is 0 Å². The maximum absolute atomic E-state index is 9.08. The van der Waals surface area contributed by atoms with Crippen LogP contribution in [0.1, 0.15) is 13.8 Å². The van der Waals surface area contributed by atoms with Crippen molar-refractivity contribution in [3.8, 4) is 5.75 Å². The van der Waals surface area contributed by atoms with Crippen LogP contribution in [0.25, 0.3) is 0 Å². The molecule has 0 aliphatic rings. The molecule has 82 valence electrons. The van der Waals surface area contributed by atoms with Gasteiger partial charge in [-0.1, -0.05) is 18.2 Å². The van der Waals surface area contributed by atoms with Gasteiger partial charge in [0.25, 0.3) is 0 Å². The second kappa shape index (κ2) is 5.75. The van der Waals surface area contributed by atoms with Crippen molar-refractivity contribution in [2.24, 2.45) is 0 Å². The Morgan fingerprint density at radius 3 is 2.60 bits per heavy atom. The smallest absolute Gasteiger partial charge is 0.466 e. The molecule has 15 heavy (non-hydrogen) atoms. The molecule has 0 aliphatic carbocycles. The van der Waals surface area contributed by atoms with Crippen molar-refractivity contribution in [2.45, 2.75) is 20.1 Å². The molecule has 4 nitrogen and oxygen atoms in total. The van der Waals surface area contributed by atoms with Crippen LogP contribution in [0.5, 0.6) is 5.75 Å². The van der Waals surface area contributed by atoms with Gasteiger partial charge < -0.3 is 19.5 Å². The van der Waals surface area contributed by atoms with E-state index in [2.05, 4.69) is 0 Å². The lowest BCUT2D eigenvalue weighted by Gasteiger charge is -2.16. The summed E-state index contributed by atoms with van der Waals surface area (Å²) in [7, 11) is -1.53. The first-order valence-corrected chi connectivity index (χ1v) is 4.88. The van der Waals surface area contributed by atoms with Crippen LogP contribution in [0.4, 0.5) is 0 Å². The quantitative estimate of drug-likeness (QED) is 0.535. The van der Waals surface area contributed by atoms with E-state index in [0.717, 1.165) is 0 Å². The Labute approximate surface area is 89.6 Å². The molecular formula is C10H15BO4. The minimum atomic E-state index is -1.53. The zero-order valence-electron chi connectivity index (χ0n) is 8.88. The van der Waals surface area contributed by atoms with Crippen molar-refractivity contribution < 1.29 is 19.5 Å². The van der Waals surface area contributed by atoms with Gasteiger partial charge in [-0.15, -0.1) is 0 Å². The van der Waals surface area contributed by atoms with Gasteiger partial charge in [0, 0.05) is 12.1 Å². The van der Waals surface area contributed by atoms with E-state index in [1.165, 1.54) is 0 Å². The van der Waals surface area contributed by atoms with Gasteiger partial charge in [-0.3, -0.25) is 0 Å². The van der Waals surface area contributed by atoms with Crippen molar-refractivity contribution in [3.63, 3.8) is 0 Å². The highest BCUT2D eigenvalue weighted by Crippen LogP contribution is 2.09. The van der Waals surface area contributed by atoms with Crippen LogP contribution in [0.15, 0.2) is 24.3 Å². The Balaban J connectivity index is 2.75. The van der Waals surface area contributed by atoms with Crippen LogP contribution in [0, 0.1) is 0 Å². The van der Waals surface area contributed by atoms with Crippen LogP contribution < -0.4 is 10.2 Å². The molecule has 1 atom stereocenters. The summed E-state index contributed by atoms with van der Waals surface area (Å²) in [6.45, 7) is 4.17. The first-order valence-electron chi connectivity index (χ1n) is 4.88. The Bertz CT molecular complexity index is 303. The van der Waals surface area contributed by atoms with Gasteiger partial charge in [0.2, 0.25) is 0 Å². The van der Waals surface area contributed by atoms with Crippen molar-refractivity contribution in [1.29, 1.82) is 0 Å². The SMILES string of the molecule is CCOC(C)Oc1ccccc1B(O)O. The third kappa shape index (κ3) is 3.55. The fourth-order valence-corrected chi connectivity index (χ4v) is 1.25. The maximum atomic E-state index is 9.08. The van der Waals surface area contributed by atoms with E-state index >= 15 is 0 Å². The van der Waals surface area contributed by atoms with Gasteiger partial charge in [-0.05, 0) is 19.9 Å². The summed E-state index contributed by atoms with van der Waals surface area (Å²) in [6.07, 6.45) is -0.408. The molecule has 0 spiro atoms. The largest absolute Gasteiger partial charge is 0.492 e. The molecule has 1 unspecified atom stereocenters. The molecule has 0 radical (unpaired) electrons. The lowest BCUT2D eigenvalue weighted by atomic mass is 9.79. The Hall–Kier alpha value is -1.04. The molecule has 0 saturated carbocycles. The molecule has 1 rings (SSSR count). The first kappa shape index (κ1) is 12.0. The predicted octanol–water partition coefficient (Wildman–Crippen LogP) is 0.128. The third-order valence-corrected chi connectivity index (χ3v) is 1.89. The second-order valence-corrected chi connectivity index (χ2v) is 3.05. The molecule has 1 aromatic carbocycles. The third-order valence-electron chi connectivity index (χ3n) is 1.89. The molecule has 0 bridgehead atoms. The number of benzene rings is 1. The standard InChI is InChI=1S/C10H15BO4/c1-3-14-8(2)15-10-7-5-4-6-9(10)11(12)13/h4-8,12-13H,3H2,1-2H3. The van der Waals surface area contributed by atoms with Gasteiger partial charge in [-0.2, -0.15) is 0 Å². The average Bonchev–Trinajstić information content (AvgIpc) is 2.18. The number of hydrogen-bond donors (Lipinski definition) is 2. The fraction of sp³-hybridized carbons (Fsp3) is 0.400. The monoisotopic (exact) mass is 210 g/mol. The van der Waals surface area contributed by atoms with Crippen molar-refractivity contribution >= 4 is 12.6 Å². The minimum absolute atomic E-state index is 0.337. The minimum Gasteiger partial charge on any atom is -0.466 e. The van der Waals surface area contributed by atoms with Gasteiger partial charge in [0.15, 0.2) is 6.29 Å². The molecule has 5 heteroatoms. The summed E-state index contributed by atoms with van der Waals surface area (Å²) >= 11 is 0. The van der Waals surface area contributed by atoms with Crippen LogP contribution >= 0.6 is 0 Å². The molecular weight excluding hydrogens is 195 g/mol. The Morgan fingerprint density at radius 1 is 1.33 bits per heavy atom. The van der Waals surface area contributed by atoms with Crippen LogP contribution in [-0.2, 0) is 4.74 Å². The van der Waals surface area contributed by atoms with E-state index in [1.54, 1.807) is 31.2 Å². The van der Waals surface area contributed by atoms with Crippen LogP contribution in [-0.4, -0.2) is 30.1 Å². The summed E-state index contributed by atoms with van der Waals surface area (Å²) in [4.78, 5) is 0. The molecule has 0 fully saturated rings. The first-order chi connectivity index (χ1) is 7.15. The fourth-order valence-electron chi connectivity index (χ4n) is 1.25. The highest BCUT2D eigenvalue weighted by Gasteiger charge is 2.17. The molecule has 0 heterocycles. The van der Waals surface area contributed by atoms with E-state index in [4.69, 9.17) is 19.5 Å². The van der Waals surface area contributed by atoms with E-state index in [-0.39, 0.29) is 0 Å². The predicted molar refractivity (Wildman–Crippen MR) is 58.0 cm³/mol. The molecule has 0 aromatic heterocycles. The molecule has 0 saturated heterocycles.